The minimum atomic E-state index is -0.411. The van der Waals surface area contributed by atoms with Crippen LogP contribution in [-0.2, 0) is 10.3 Å². The molecule has 0 spiro atoms. The zero-order chi connectivity index (χ0) is 18.3. The SMILES string of the molecule is CB1OC(c2ccccc2)(c2ccccc2)[C@H]2CCC(c3ccccc3)N12. The summed E-state index contributed by atoms with van der Waals surface area (Å²) < 4.78 is 6.87. The van der Waals surface area contributed by atoms with E-state index in [2.05, 4.69) is 103 Å². The molecule has 2 aliphatic rings. The summed E-state index contributed by atoms with van der Waals surface area (Å²) in [6.45, 7) is 2.21. The maximum absolute atomic E-state index is 6.87. The van der Waals surface area contributed by atoms with Gasteiger partial charge in [0.2, 0.25) is 0 Å². The highest BCUT2D eigenvalue weighted by molar-refractivity contribution is 6.48. The van der Waals surface area contributed by atoms with Gasteiger partial charge in [-0.3, -0.25) is 0 Å². The zero-order valence-corrected chi connectivity index (χ0v) is 15.7. The summed E-state index contributed by atoms with van der Waals surface area (Å²) in [6.07, 6.45) is 2.30. The van der Waals surface area contributed by atoms with Crippen molar-refractivity contribution in [3.63, 3.8) is 0 Å². The topological polar surface area (TPSA) is 12.5 Å². The van der Waals surface area contributed by atoms with E-state index in [1.165, 1.54) is 23.1 Å². The lowest BCUT2D eigenvalue weighted by molar-refractivity contribution is 0.104. The Morgan fingerprint density at radius 1 is 0.778 bits per heavy atom. The van der Waals surface area contributed by atoms with Crippen molar-refractivity contribution in [2.24, 2.45) is 0 Å². The number of hydrogen-bond acceptors (Lipinski definition) is 2. The Kier molecular flexibility index (Phi) is 4.15. The normalized spacial score (nSPS) is 24.1. The van der Waals surface area contributed by atoms with E-state index in [9.17, 15) is 0 Å². The quantitative estimate of drug-likeness (QED) is 0.594. The van der Waals surface area contributed by atoms with Gasteiger partial charge in [-0.2, -0.15) is 0 Å². The molecular formula is C24H24BNO. The van der Waals surface area contributed by atoms with Gasteiger partial charge < -0.3 is 9.47 Å². The first-order valence-electron chi connectivity index (χ1n) is 9.92. The summed E-state index contributed by atoms with van der Waals surface area (Å²) >= 11 is 0. The van der Waals surface area contributed by atoms with E-state index in [1.54, 1.807) is 0 Å². The van der Waals surface area contributed by atoms with Gasteiger partial charge in [0, 0.05) is 12.1 Å². The molecule has 5 rings (SSSR count). The summed E-state index contributed by atoms with van der Waals surface area (Å²) in [5.74, 6) is 0. The van der Waals surface area contributed by atoms with Gasteiger partial charge in [0.05, 0.1) is 0 Å². The minimum absolute atomic E-state index is 0.0723. The van der Waals surface area contributed by atoms with Crippen LogP contribution in [0.15, 0.2) is 91.0 Å². The van der Waals surface area contributed by atoms with E-state index in [0.29, 0.717) is 12.1 Å². The van der Waals surface area contributed by atoms with Crippen LogP contribution in [0.25, 0.3) is 0 Å². The molecule has 3 aromatic carbocycles. The monoisotopic (exact) mass is 353 g/mol. The van der Waals surface area contributed by atoms with Gasteiger partial charge in [-0.1, -0.05) is 91.0 Å². The largest absolute Gasteiger partial charge is 0.406 e. The third-order valence-corrected chi connectivity index (χ3v) is 6.27. The average Bonchev–Trinajstić information content (AvgIpc) is 3.31. The molecule has 0 aromatic heterocycles. The van der Waals surface area contributed by atoms with Gasteiger partial charge in [0.1, 0.15) is 5.60 Å². The lowest BCUT2D eigenvalue weighted by Gasteiger charge is -2.36. The van der Waals surface area contributed by atoms with E-state index < -0.39 is 5.60 Å². The van der Waals surface area contributed by atoms with Gasteiger partial charge in [-0.15, -0.1) is 0 Å². The van der Waals surface area contributed by atoms with Crippen molar-refractivity contribution in [3.05, 3.63) is 108 Å². The third-order valence-electron chi connectivity index (χ3n) is 6.27. The van der Waals surface area contributed by atoms with Gasteiger partial charge in [-0.05, 0) is 36.4 Å². The molecule has 0 amide bonds. The van der Waals surface area contributed by atoms with Crippen molar-refractivity contribution in [1.82, 2.24) is 4.81 Å². The summed E-state index contributed by atoms with van der Waals surface area (Å²) in [5.41, 5.74) is 3.49. The Hall–Kier alpha value is -2.36. The highest BCUT2D eigenvalue weighted by Crippen LogP contribution is 2.53. The van der Waals surface area contributed by atoms with Gasteiger partial charge in [0.25, 0.3) is 0 Å². The summed E-state index contributed by atoms with van der Waals surface area (Å²) in [7, 11) is 0.0723. The Morgan fingerprint density at radius 3 is 1.85 bits per heavy atom. The predicted molar refractivity (Wildman–Crippen MR) is 110 cm³/mol. The van der Waals surface area contributed by atoms with Gasteiger partial charge in [-0.25, -0.2) is 0 Å². The second-order valence-corrected chi connectivity index (χ2v) is 7.65. The Morgan fingerprint density at radius 2 is 1.30 bits per heavy atom. The molecule has 3 aromatic rings. The van der Waals surface area contributed by atoms with Crippen molar-refractivity contribution >= 4 is 7.05 Å². The fraction of sp³-hybridized carbons (Fsp3) is 0.250. The molecule has 0 bridgehead atoms. The summed E-state index contributed by atoms with van der Waals surface area (Å²) in [4.78, 5) is 2.61. The van der Waals surface area contributed by atoms with E-state index >= 15 is 0 Å². The third kappa shape index (κ3) is 2.57. The van der Waals surface area contributed by atoms with E-state index in [1.807, 2.05) is 0 Å². The maximum atomic E-state index is 6.87. The van der Waals surface area contributed by atoms with Crippen molar-refractivity contribution in [1.29, 1.82) is 0 Å². The highest BCUT2D eigenvalue weighted by atomic mass is 16.5. The molecule has 2 fully saturated rings. The van der Waals surface area contributed by atoms with E-state index in [-0.39, 0.29) is 7.05 Å². The Bertz CT molecular complexity index is 860. The van der Waals surface area contributed by atoms with Crippen LogP contribution >= 0.6 is 0 Å². The maximum Gasteiger partial charge on any atom is 0.380 e. The smallest absolute Gasteiger partial charge is 0.380 e. The lowest BCUT2D eigenvalue weighted by atomic mass is 9.79. The molecule has 0 saturated carbocycles. The van der Waals surface area contributed by atoms with Crippen LogP contribution in [0.1, 0.15) is 35.6 Å². The van der Waals surface area contributed by atoms with Crippen LogP contribution in [0.5, 0.6) is 0 Å². The molecule has 27 heavy (non-hydrogen) atoms. The summed E-state index contributed by atoms with van der Waals surface area (Å²) in [5, 5.41) is 0. The Balaban J connectivity index is 1.64. The van der Waals surface area contributed by atoms with Crippen molar-refractivity contribution in [2.45, 2.75) is 37.3 Å². The molecule has 2 aliphatic heterocycles. The first-order valence-corrected chi connectivity index (χ1v) is 9.92. The molecule has 134 valence electrons. The molecule has 2 saturated heterocycles. The second kappa shape index (κ2) is 6.67. The average molecular weight is 353 g/mol. The number of rotatable bonds is 3. The summed E-state index contributed by atoms with van der Waals surface area (Å²) in [6, 6.07) is 33.2. The minimum Gasteiger partial charge on any atom is -0.406 e. The van der Waals surface area contributed by atoms with Crippen LogP contribution < -0.4 is 0 Å². The van der Waals surface area contributed by atoms with Crippen molar-refractivity contribution in [2.75, 3.05) is 0 Å². The van der Waals surface area contributed by atoms with Crippen LogP contribution in [0.2, 0.25) is 6.82 Å². The van der Waals surface area contributed by atoms with Gasteiger partial charge >= 0.3 is 7.05 Å². The molecular weight excluding hydrogens is 329 g/mol. The standard InChI is InChI=1S/C24H24BNO/c1-25-26-22(19-11-5-2-6-12-19)17-18-23(26)24(27-25,20-13-7-3-8-14-20)21-15-9-4-10-16-21/h2-16,22-23H,17-18H2,1H3/t22?,23-/m1/s1. The predicted octanol–water partition coefficient (Wildman–Crippen LogP) is 5.28. The molecule has 0 N–H and O–H groups in total. The van der Waals surface area contributed by atoms with E-state index in [4.69, 9.17) is 4.65 Å². The fourth-order valence-corrected chi connectivity index (χ4v) is 5.23. The highest BCUT2D eigenvalue weighted by Gasteiger charge is 2.59. The van der Waals surface area contributed by atoms with Crippen molar-refractivity contribution < 1.29 is 4.65 Å². The van der Waals surface area contributed by atoms with Crippen molar-refractivity contribution in [3.8, 4) is 0 Å². The molecule has 2 heterocycles. The van der Waals surface area contributed by atoms with Crippen LogP contribution in [0.3, 0.4) is 0 Å². The van der Waals surface area contributed by atoms with Crippen LogP contribution in [-0.4, -0.2) is 17.9 Å². The molecule has 0 radical (unpaired) electrons. The van der Waals surface area contributed by atoms with E-state index in [0.717, 1.165) is 6.42 Å². The lowest BCUT2D eigenvalue weighted by Crippen LogP contribution is -2.41. The second-order valence-electron chi connectivity index (χ2n) is 7.65. The van der Waals surface area contributed by atoms with Crippen LogP contribution in [0, 0.1) is 0 Å². The molecule has 3 heteroatoms. The molecule has 0 aliphatic carbocycles. The number of hydrogen-bond donors (Lipinski definition) is 0. The van der Waals surface area contributed by atoms with Gasteiger partial charge in [0.15, 0.2) is 0 Å². The molecule has 2 atom stereocenters. The number of nitrogens with zero attached hydrogens (tertiary/aromatic N) is 1. The Labute approximate surface area is 161 Å². The van der Waals surface area contributed by atoms with Crippen LogP contribution in [0.4, 0.5) is 0 Å². The fourth-order valence-electron chi connectivity index (χ4n) is 5.23. The molecule has 1 unspecified atom stereocenters. The first kappa shape index (κ1) is 16.8. The zero-order valence-electron chi connectivity index (χ0n) is 15.7. The number of benzene rings is 3. The molecule has 2 nitrogen and oxygen atoms in total. The first-order chi connectivity index (χ1) is 13.3. The number of fused-ring (bicyclic) bond motifs is 1.